The van der Waals surface area contributed by atoms with Crippen LogP contribution in [0.15, 0.2) is 243 Å². The number of aromatic nitrogens is 9. The second-order valence-electron chi connectivity index (χ2n) is 34.4. The Morgan fingerprint density at radius 3 is 1.08 bits per heavy atom. The van der Waals surface area contributed by atoms with Crippen molar-refractivity contribution in [1.29, 1.82) is 0 Å². The molecule has 19 rings (SSSR count). The number of rotatable bonds is 7. The molecule has 10 aromatic carbocycles. The van der Waals surface area contributed by atoms with E-state index in [1.807, 2.05) is 84.9 Å². The Hall–Kier alpha value is -16.4. The molecule has 0 atom stereocenters. The number of hydrogen-bond donors (Lipinski definition) is 2. The third kappa shape index (κ3) is 16.5. The van der Waals surface area contributed by atoms with Crippen LogP contribution in [-0.4, -0.2) is 44.9 Å². The molecule has 0 saturated carbocycles. The summed E-state index contributed by atoms with van der Waals surface area (Å²) in [5.74, 6) is 35.3. The second-order valence-corrected chi connectivity index (χ2v) is 34.4. The molecular weight excluding hydrogens is 1570 g/mol. The summed E-state index contributed by atoms with van der Waals surface area (Å²) in [5.41, 5.74) is 48.0. The van der Waals surface area contributed by atoms with Crippen molar-refractivity contribution in [2.75, 3.05) is 0 Å². The number of hydrogen-bond acceptors (Lipinski definition) is 7. The van der Waals surface area contributed by atoms with Gasteiger partial charge in [0, 0.05) is 123 Å². The molecule has 0 radical (unpaired) electrons. The van der Waals surface area contributed by atoms with E-state index in [0.717, 1.165) is 201 Å². The topological polar surface area (TPSA) is 122 Å². The van der Waals surface area contributed by atoms with E-state index in [1.165, 1.54) is 78.7 Å². The third-order valence-corrected chi connectivity index (χ3v) is 24.4. The Morgan fingerprint density at radius 1 is 0.248 bits per heavy atom. The summed E-state index contributed by atoms with van der Waals surface area (Å²) in [7, 11) is 0. The number of nitrogens with zero attached hydrogens (tertiary/aromatic N) is 7. The normalized spacial score (nSPS) is 11.3. The molecule has 17 aromatic rings. The lowest BCUT2D eigenvalue weighted by atomic mass is 9.92. The first-order valence-electron chi connectivity index (χ1n) is 43.6. The third-order valence-electron chi connectivity index (χ3n) is 24.4. The molecule has 2 aliphatic heterocycles. The smallest absolute Gasteiger partial charge is 0.116 e. The van der Waals surface area contributed by atoms with Crippen LogP contribution in [0.3, 0.4) is 0 Å². The second kappa shape index (κ2) is 34.3. The van der Waals surface area contributed by atoms with Crippen molar-refractivity contribution in [2.45, 2.75) is 104 Å². The highest BCUT2D eigenvalue weighted by atomic mass is 14.8. The highest BCUT2D eigenvalue weighted by Crippen LogP contribution is 2.44. The monoisotopic (exact) mass is 1660 g/mol. The van der Waals surface area contributed by atoms with Gasteiger partial charge in [0.2, 0.25) is 0 Å². The minimum absolute atomic E-state index is 0.691. The van der Waals surface area contributed by atoms with Gasteiger partial charge in [-0.15, -0.1) is 0 Å². The molecule has 0 fully saturated rings. The van der Waals surface area contributed by atoms with Crippen molar-refractivity contribution in [3.05, 3.63) is 405 Å². The van der Waals surface area contributed by atoms with Crippen molar-refractivity contribution < 1.29 is 0 Å². The number of pyridine rings is 3. The van der Waals surface area contributed by atoms with Crippen molar-refractivity contribution in [1.82, 2.24) is 44.9 Å². The molecule has 129 heavy (non-hydrogen) atoms. The van der Waals surface area contributed by atoms with E-state index < -0.39 is 0 Å². The Morgan fingerprint density at radius 2 is 0.612 bits per heavy atom. The number of nitrogens with one attached hydrogen (secondary N) is 2. The van der Waals surface area contributed by atoms with Crippen LogP contribution in [0.4, 0.5) is 0 Å². The standard InChI is InChI=1S/C120H91N9/c1-70-57-75(6)109(76(7)58-70)100-46-43-94-40-42-96-67-95(118(129-120(96)119(94)128-100)113-83(14)65-74(5)66-84(113)15)41-39-92-22-18-21-91(97(92)44-32-86-25-23-85(24-26-86)27-34-89-19-16-17-20-90(89)35-31-88-33-45-98(122-68-88)99-55-56-121-69-123-99)36-28-87-29-37-93(38-30-87)114-101-47-49-103(124-101)115(110-77(8)59-71(2)60-78(110)9)105-51-53-107(126-105)117(112-81(12)63-73(4)64-82(112)13)108-54-52-106(127-108)116(104-50-48-102(114)125-104)111-79(10)61-72(3)62-80(111)11/h16-26,29-30,33,37-38,40,42-43,45-69,124,127H,1-15H3. The van der Waals surface area contributed by atoms with Crippen LogP contribution in [0.25, 0.3) is 147 Å². The first-order chi connectivity index (χ1) is 62.5. The molecule has 9 heterocycles. The number of benzene rings is 10. The van der Waals surface area contributed by atoms with Crippen LogP contribution in [0.1, 0.15) is 162 Å². The van der Waals surface area contributed by atoms with Crippen LogP contribution >= 0.6 is 0 Å². The number of aryl methyl sites for hydroxylation is 15. The zero-order chi connectivity index (χ0) is 89.0. The van der Waals surface area contributed by atoms with E-state index in [0.29, 0.717) is 11.1 Å². The summed E-state index contributed by atoms with van der Waals surface area (Å²) >= 11 is 0. The van der Waals surface area contributed by atoms with Gasteiger partial charge in [-0.3, -0.25) is 4.98 Å². The summed E-state index contributed by atoms with van der Waals surface area (Å²) < 4.78 is 0. The highest BCUT2D eigenvalue weighted by Gasteiger charge is 2.25. The molecule has 0 unspecified atom stereocenters. The van der Waals surface area contributed by atoms with Gasteiger partial charge in [0.25, 0.3) is 0 Å². The van der Waals surface area contributed by atoms with E-state index in [9.17, 15) is 0 Å². The van der Waals surface area contributed by atoms with E-state index >= 15 is 0 Å². The summed E-state index contributed by atoms with van der Waals surface area (Å²) in [6, 6.07) is 78.5. The van der Waals surface area contributed by atoms with Gasteiger partial charge in [0.1, 0.15) is 6.33 Å². The van der Waals surface area contributed by atoms with Crippen LogP contribution in [0, 0.1) is 163 Å². The summed E-state index contributed by atoms with van der Waals surface area (Å²) in [6.07, 6.45) is 13.7. The van der Waals surface area contributed by atoms with Gasteiger partial charge in [-0.1, -0.05) is 196 Å². The van der Waals surface area contributed by atoms with Crippen LogP contribution in [-0.2, 0) is 0 Å². The summed E-state index contributed by atoms with van der Waals surface area (Å²) in [4.78, 5) is 43.7. The maximum atomic E-state index is 5.77. The lowest BCUT2D eigenvalue weighted by Crippen LogP contribution is -1.99. The minimum atomic E-state index is 0.691. The zero-order valence-corrected chi connectivity index (χ0v) is 75.0. The minimum Gasteiger partial charge on any atom is -0.354 e. The van der Waals surface area contributed by atoms with Crippen LogP contribution in [0.5, 0.6) is 0 Å². The molecule has 616 valence electrons. The Labute approximate surface area is 754 Å². The molecule has 0 aliphatic carbocycles. The van der Waals surface area contributed by atoms with Crippen molar-refractivity contribution in [3.8, 4) is 138 Å². The number of fused-ring (bicyclic) bond motifs is 11. The Kier molecular flexibility index (Phi) is 21.9. The lowest BCUT2D eigenvalue weighted by Gasteiger charge is -2.15. The first kappa shape index (κ1) is 82.3. The van der Waals surface area contributed by atoms with Gasteiger partial charge in [-0.05, 0) is 321 Å². The van der Waals surface area contributed by atoms with Gasteiger partial charge in [-0.25, -0.2) is 29.9 Å². The molecule has 7 aromatic heterocycles. The van der Waals surface area contributed by atoms with Gasteiger partial charge < -0.3 is 9.97 Å². The van der Waals surface area contributed by atoms with E-state index in [-0.39, 0.29) is 0 Å². The fourth-order valence-electron chi connectivity index (χ4n) is 19.1. The van der Waals surface area contributed by atoms with Crippen molar-refractivity contribution in [3.63, 3.8) is 0 Å². The Bertz CT molecular complexity index is 8040. The average molecular weight is 1660 g/mol. The summed E-state index contributed by atoms with van der Waals surface area (Å²) in [5, 5.41) is 1.94. The molecule has 2 N–H and O–H groups in total. The maximum Gasteiger partial charge on any atom is 0.116 e. The predicted octanol–water partition coefficient (Wildman–Crippen LogP) is 27.2. The van der Waals surface area contributed by atoms with Crippen molar-refractivity contribution >= 4 is 68.2 Å². The molecule has 0 amide bonds. The molecule has 9 nitrogen and oxygen atoms in total. The number of aromatic amines is 2. The average Bonchev–Trinajstić information content (AvgIpc) is 1.58. The number of H-pyrrole nitrogens is 2. The van der Waals surface area contributed by atoms with Crippen LogP contribution in [0.2, 0.25) is 0 Å². The van der Waals surface area contributed by atoms with E-state index in [2.05, 4.69) is 352 Å². The Balaban J connectivity index is 0.749. The van der Waals surface area contributed by atoms with Crippen LogP contribution < -0.4 is 0 Å². The molecule has 9 heteroatoms. The largest absolute Gasteiger partial charge is 0.354 e. The zero-order valence-electron chi connectivity index (χ0n) is 75.0. The van der Waals surface area contributed by atoms with Gasteiger partial charge in [0.15, 0.2) is 0 Å². The molecule has 8 bridgehead atoms. The van der Waals surface area contributed by atoms with E-state index in [4.69, 9.17) is 19.9 Å². The molecule has 0 spiro atoms. The lowest BCUT2D eigenvalue weighted by molar-refractivity contribution is 1.15. The van der Waals surface area contributed by atoms with Gasteiger partial charge in [-0.2, -0.15) is 0 Å². The van der Waals surface area contributed by atoms with Gasteiger partial charge in [0.05, 0.1) is 67.7 Å². The fourth-order valence-corrected chi connectivity index (χ4v) is 19.1. The molecule has 0 saturated heterocycles. The molecule has 2 aliphatic rings. The fraction of sp³-hybridized carbons (Fsp3) is 0.125. The SMILES string of the molecule is Cc1cc(C)c(-c2ccc3ccc4cc(C#Cc5cccc(C#Cc6ccc(-c7c8nc(c(-c9c(C)cc(C)cc9C)c9ccc([nH]9)c(-c9c(C)cc(C)cc9C)c9nc(c(-c%10c(C)cc(C)cc%10C)c%10ccc7[nH]%10)C=C9)C=C8)cc6)c5C#Cc5ccc(C#Cc6ccccc6C#Cc6ccc(-c7ccncn7)nc6)cc5)c(-c5c(C)cc(C)cc5C)nc4c3n2)c(C)c1. The highest BCUT2D eigenvalue weighted by molar-refractivity contribution is 6.06. The van der Waals surface area contributed by atoms with Crippen molar-refractivity contribution in [2.24, 2.45) is 0 Å². The first-order valence-corrected chi connectivity index (χ1v) is 43.6. The van der Waals surface area contributed by atoms with Gasteiger partial charge >= 0.3 is 0 Å². The predicted molar refractivity (Wildman–Crippen MR) is 534 cm³/mol. The maximum absolute atomic E-state index is 5.77. The summed E-state index contributed by atoms with van der Waals surface area (Å²) in [6.45, 7) is 32.8. The van der Waals surface area contributed by atoms with E-state index in [1.54, 1.807) is 12.4 Å². The quantitative estimate of drug-likeness (QED) is 0.120. The molecular formula is C120H91N9.